The Morgan fingerprint density at radius 2 is 2.24 bits per heavy atom. The number of aryl methyl sites for hydroxylation is 1. The van der Waals surface area contributed by atoms with Crippen LogP contribution in [0.3, 0.4) is 0 Å². The van der Waals surface area contributed by atoms with E-state index in [4.69, 9.17) is 4.74 Å². The number of nitrogens with one attached hydrogen (secondary N) is 2. The van der Waals surface area contributed by atoms with Gasteiger partial charge in [-0.15, -0.1) is 0 Å². The average molecular weight is 288 g/mol. The van der Waals surface area contributed by atoms with Crippen molar-refractivity contribution in [2.75, 3.05) is 6.61 Å². The first kappa shape index (κ1) is 13.6. The summed E-state index contributed by atoms with van der Waals surface area (Å²) in [5.74, 6) is -0.732. The molecule has 0 radical (unpaired) electrons. The van der Waals surface area contributed by atoms with E-state index in [-0.39, 0.29) is 5.91 Å². The van der Waals surface area contributed by atoms with Crippen molar-refractivity contribution in [1.29, 1.82) is 0 Å². The topological polar surface area (TPSA) is 84.7 Å². The number of amides is 2. The van der Waals surface area contributed by atoms with Crippen LogP contribution >= 0.6 is 0 Å². The molecule has 1 saturated heterocycles. The maximum Gasteiger partial charge on any atom is 0.288 e. The zero-order valence-corrected chi connectivity index (χ0v) is 11.6. The summed E-state index contributed by atoms with van der Waals surface area (Å²) in [4.78, 5) is 28.3. The molecule has 3 heterocycles. The smallest absolute Gasteiger partial charge is 0.288 e. The molecule has 3 rings (SSSR count). The summed E-state index contributed by atoms with van der Waals surface area (Å²) in [5.41, 5.74) is 6.50. The number of hydrogen-bond donors (Lipinski definition) is 2. The number of ether oxygens (including phenoxy) is 1. The number of rotatable bonds is 2. The van der Waals surface area contributed by atoms with Crippen molar-refractivity contribution in [3.8, 4) is 0 Å². The largest absolute Gasteiger partial charge is 0.368 e. The quantitative estimate of drug-likeness (QED) is 0.792. The van der Waals surface area contributed by atoms with Crippen molar-refractivity contribution >= 4 is 17.5 Å². The molecule has 21 heavy (non-hydrogen) atoms. The number of imidazole rings is 1. The van der Waals surface area contributed by atoms with Crippen LogP contribution in [-0.4, -0.2) is 33.9 Å². The third kappa shape index (κ3) is 2.59. The Bertz CT molecular complexity index is 689. The molecule has 1 fully saturated rings. The number of hydrogen-bond acceptors (Lipinski definition) is 4. The highest BCUT2D eigenvalue weighted by atomic mass is 16.5. The summed E-state index contributed by atoms with van der Waals surface area (Å²) in [6.07, 6.45) is 2.81. The maximum atomic E-state index is 12.2. The second-order valence-electron chi connectivity index (χ2n) is 4.92. The first-order valence-corrected chi connectivity index (χ1v) is 6.82. The van der Waals surface area contributed by atoms with E-state index in [1.165, 1.54) is 0 Å². The van der Waals surface area contributed by atoms with Crippen molar-refractivity contribution in [3.63, 3.8) is 0 Å². The molecular weight excluding hydrogens is 272 g/mol. The number of pyridine rings is 1. The Morgan fingerprint density at radius 1 is 1.38 bits per heavy atom. The summed E-state index contributed by atoms with van der Waals surface area (Å²) in [6.45, 7) is 2.34. The highest BCUT2D eigenvalue weighted by molar-refractivity contribution is 5.96. The number of aromatic nitrogens is 2. The van der Waals surface area contributed by atoms with Gasteiger partial charge in [-0.2, -0.15) is 0 Å². The summed E-state index contributed by atoms with van der Waals surface area (Å²) in [6, 6.07) is 5.48. The molecule has 1 atom stereocenters. The first-order valence-electron chi connectivity index (χ1n) is 6.82. The van der Waals surface area contributed by atoms with E-state index < -0.39 is 12.0 Å². The number of carbonyl (C=O) groups excluding carboxylic acids is 2. The average Bonchev–Trinajstić information content (AvgIpc) is 3.10. The molecule has 2 N–H and O–H groups in total. The molecule has 0 aromatic carbocycles. The van der Waals surface area contributed by atoms with Gasteiger partial charge in [-0.1, -0.05) is 6.07 Å². The normalized spacial score (nSPS) is 17.9. The van der Waals surface area contributed by atoms with Crippen LogP contribution < -0.4 is 10.9 Å². The minimum absolute atomic E-state index is 0.327. The van der Waals surface area contributed by atoms with E-state index >= 15 is 0 Å². The maximum absolute atomic E-state index is 12.2. The van der Waals surface area contributed by atoms with Gasteiger partial charge in [0.15, 0.2) is 0 Å². The first-order chi connectivity index (χ1) is 10.2. The summed E-state index contributed by atoms with van der Waals surface area (Å²) in [5, 5.41) is 0. The number of nitrogens with zero attached hydrogens (tertiary/aromatic N) is 2. The van der Waals surface area contributed by atoms with E-state index in [2.05, 4.69) is 15.8 Å². The molecular formula is C14H16N4O3. The number of hydrazine groups is 1. The molecule has 2 aromatic heterocycles. The Morgan fingerprint density at radius 3 is 3.00 bits per heavy atom. The van der Waals surface area contributed by atoms with E-state index in [0.29, 0.717) is 30.1 Å². The minimum atomic E-state index is -0.478. The Hall–Kier alpha value is -2.41. The van der Waals surface area contributed by atoms with E-state index in [1.807, 2.05) is 18.2 Å². The lowest BCUT2D eigenvalue weighted by molar-refractivity contribution is -0.130. The Labute approximate surface area is 121 Å². The van der Waals surface area contributed by atoms with Gasteiger partial charge in [-0.05, 0) is 31.9 Å². The highest BCUT2D eigenvalue weighted by Crippen LogP contribution is 2.12. The van der Waals surface area contributed by atoms with Crippen LogP contribution in [0.1, 0.15) is 29.0 Å². The molecule has 2 amide bonds. The summed E-state index contributed by atoms with van der Waals surface area (Å²) in [7, 11) is 0. The second-order valence-corrected chi connectivity index (χ2v) is 4.92. The zero-order chi connectivity index (χ0) is 14.8. The predicted octanol–water partition coefficient (Wildman–Crippen LogP) is 0.583. The van der Waals surface area contributed by atoms with E-state index in [9.17, 15) is 9.59 Å². The number of fused-ring (bicyclic) bond motifs is 1. The van der Waals surface area contributed by atoms with Crippen LogP contribution in [0.15, 0.2) is 24.4 Å². The molecule has 2 aromatic rings. The monoisotopic (exact) mass is 288 g/mol. The van der Waals surface area contributed by atoms with Gasteiger partial charge in [0.2, 0.25) is 0 Å². The van der Waals surface area contributed by atoms with Crippen LogP contribution in [0.25, 0.3) is 5.65 Å². The third-order valence-corrected chi connectivity index (χ3v) is 3.44. The van der Waals surface area contributed by atoms with Gasteiger partial charge in [0.25, 0.3) is 11.8 Å². The second kappa shape index (κ2) is 5.53. The molecule has 7 heteroatoms. The summed E-state index contributed by atoms with van der Waals surface area (Å²) < 4.78 is 6.93. The van der Waals surface area contributed by atoms with Gasteiger partial charge in [0.05, 0.1) is 5.69 Å². The van der Waals surface area contributed by atoms with Gasteiger partial charge >= 0.3 is 0 Å². The van der Waals surface area contributed by atoms with Gasteiger partial charge in [-0.25, -0.2) is 4.98 Å². The highest BCUT2D eigenvalue weighted by Gasteiger charge is 2.24. The lowest BCUT2D eigenvalue weighted by Gasteiger charge is -2.11. The third-order valence-electron chi connectivity index (χ3n) is 3.44. The fraction of sp³-hybridized carbons (Fsp3) is 0.357. The molecule has 0 saturated carbocycles. The van der Waals surface area contributed by atoms with E-state index in [0.717, 1.165) is 6.42 Å². The van der Waals surface area contributed by atoms with Gasteiger partial charge < -0.3 is 4.74 Å². The lowest BCUT2D eigenvalue weighted by Crippen LogP contribution is -2.46. The zero-order valence-electron chi connectivity index (χ0n) is 11.6. The van der Waals surface area contributed by atoms with Crippen LogP contribution in [0.5, 0.6) is 0 Å². The summed E-state index contributed by atoms with van der Waals surface area (Å²) >= 11 is 0. The van der Waals surface area contributed by atoms with Crippen LogP contribution in [0.2, 0.25) is 0 Å². The molecule has 1 aliphatic heterocycles. The number of carbonyl (C=O) groups is 2. The van der Waals surface area contributed by atoms with Crippen molar-refractivity contribution in [3.05, 3.63) is 35.8 Å². The fourth-order valence-corrected chi connectivity index (χ4v) is 2.43. The van der Waals surface area contributed by atoms with Crippen molar-refractivity contribution in [2.45, 2.75) is 25.9 Å². The van der Waals surface area contributed by atoms with Gasteiger partial charge in [0, 0.05) is 12.8 Å². The Kier molecular flexibility index (Phi) is 3.57. The predicted molar refractivity (Wildman–Crippen MR) is 74.5 cm³/mol. The van der Waals surface area contributed by atoms with Crippen LogP contribution in [0, 0.1) is 6.92 Å². The van der Waals surface area contributed by atoms with Crippen LogP contribution in [-0.2, 0) is 9.53 Å². The van der Waals surface area contributed by atoms with Crippen LogP contribution in [0.4, 0.5) is 0 Å². The lowest BCUT2D eigenvalue weighted by atomic mass is 10.2. The molecule has 0 bridgehead atoms. The standard InChI is InChI=1S/C14H16N4O3/c1-9-12(18-7-3-2-6-11(18)15-9)14(20)17-16-13(19)10-5-4-8-21-10/h2-3,6-7,10H,4-5,8H2,1H3,(H,16,19)(H,17,20)/t10-/m0/s1. The molecule has 110 valence electrons. The molecule has 0 spiro atoms. The van der Waals surface area contributed by atoms with Crippen molar-refractivity contribution in [1.82, 2.24) is 20.2 Å². The fourth-order valence-electron chi connectivity index (χ4n) is 2.43. The molecule has 0 unspecified atom stereocenters. The van der Waals surface area contributed by atoms with Crippen molar-refractivity contribution in [2.24, 2.45) is 0 Å². The van der Waals surface area contributed by atoms with E-state index in [1.54, 1.807) is 17.5 Å². The minimum Gasteiger partial charge on any atom is -0.368 e. The molecule has 0 aliphatic carbocycles. The molecule has 7 nitrogen and oxygen atoms in total. The van der Waals surface area contributed by atoms with Gasteiger partial charge in [0.1, 0.15) is 17.4 Å². The van der Waals surface area contributed by atoms with Gasteiger partial charge in [-0.3, -0.25) is 24.8 Å². The van der Waals surface area contributed by atoms with Crippen molar-refractivity contribution < 1.29 is 14.3 Å². The SMILES string of the molecule is Cc1nc2ccccn2c1C(=O)NNC(=O)[C@@H]1CCCO1. The molecule has 1 aliphatic rings. The Balaban J connectivity index is 1.72.